The molecule has 2 aromatic carbocycles. The second-order valence-electron chi connectivity index (χ2n) is 6.56. The summed E-state index contributed by atoms with van der Waals surface area (Å²) in [7, 11) is 2.99. The van der Waals surface area contributed by atoms with E-state index in [1.165, 1.54) is 37.5 Å². The third kappa shape index (κ3) is 5.29. The second-order valence-corrected chi connectivity index (χ2v) is 6.97. The number of aryl methyl sites for hydroxylation is 2. The molecule has 2 aromatic rings. The number of fused-ring (bicyclic) bond motifs is 1. The molecule has 1 aliphatic carbocycles. The Morgan fingerprint density at radius 2 is 1.90 bits per heavy atom. The molecule has 152 valence electrons. The number of carbonyl (C=O) groups is 2. The van der Waals surface area contributed by atoms with E-state index in [0.29, 0.717) is 27.8 Å². The van der Waals surface area contributed by atoms with Crippen LogP contribution in [0.4, 0.5) is 5.69 Å². The van der Waals surface area contributed by atoms with Gasteiger partial charge in [-0.3, -0.25) is 4.79 Å². The van der Waals surface area contributed by atoms with Crippen LogP contribution in [0.15, 0.2) is 36.4 Å². The molecule has 3 rings (SSSR count). The van der Waals surface area contributed by atoms with Gasteiger partial charge >= 0.3 is 5.97 Å². The Bertz CT molecular complexity index is 954. The molecule has 0 atom stereocenters. The first kappa shape index (κ1) is 20.7. The summed E-state index contributed by atoms with van der Waals surface area (Å²) in [5.41, 5.74) is 3.93. The van der Waals surface area contributed by atoms with E-state index in [0.717, 1.165) is 19.3 Å². The number of benzene rings is 2. The summed E-state index contributed by atoms with van der Waals surface area (Å²) >= 11 is 6.14. The van der Waals surface area contributed by atoms with Crippen molar-refractivity contribution in [3.05, 3.63) is 58.1 Å². The zero-order valence-electron chi connectivity index (χ0n) is 16.3. The maximum atomic E-state index is 12.0. The first-order valence-corrected chi connectivity index (χ1v) is 9.56. The molecule has 1 aliphatic rings. The van der Waals surface area contributed by atoms with E-state index < -0.39 is 5.97 Å². The number of methoxy groups -OCH3 is 2. The molecule has 29 heavy (non-hydrogen) atoms. The van der Waals surface area contributed by atoms with Gasteiger partial charge in [-0.2, -0.15) is 0 Å². The molecule has 7 heteroatoms. The van der Waals surface area contributed by atoms with Crippen molar-refractivity contribution in [2.75, 3.05) is 26.1 Å². The lowest BCUT2D eigenvalue weighted by Gasteiger charge is -2.10. The lowest BCUT2D eigenvalue weighted by atomic mass is 10.1. The first-order valence-electron chi connectivity index (χ1n) is 9.18. The van der Waals surface area contributed by atoms with Crippen molar-refractivity contribution in [3.8, 4) is 11.5 Å². The van der Waals surface area contributed by atoms with Crippen molar-refractivity contribution in [3.63, 3.8) is 0 Å². The highest BCUT2D eigenvalue weighted by atomic mass is 35.5. The van der Waals surface area contributed by atoms with Gasteiger partial charge in [0.25, 0.3) is 5.91 Å². The summed E-state index contributed by atoms with van der Waals surface area (Å²) in [4.78, 5) is 23.9. The number of hydrogen-bond acceptors (Lipinski definition) is 5. The van der Waals surface area contributed by atoms with Crippen LogP contribution in [0.3, 0.4) is 0 Å². The highest BCUT2D eigenvalue weighted by Gasteiger charge is 2.13. The number of ether oxygens (including phenoxy) is 3. The van der Waals surface area contributed by atoms with Crippen LogP contribution in [0.1, 0.15) is 23.1 Å². The minimum Gasteiger partial charge on any atom is -0.493 e. The molecular weight excluding hydrogens is 394 g/mol. The predicted molar refractivity (Wildman–Crippen MR) is 112 cm³/mol. The van der Waals surface area contributed by atoms with E-state index in [2.05, 4.69) is 5.32 Å². The van der Waals surface area contributed by atoms with Crippen LogP contribution in [-0.2, 0) is 27.2 Å². The van der Waals surface area contributed by atoms with Gasteiger partial charge in [0.2, 0.25) is 0 Å². The Morgan fingerprint density at radius 3 is 2.66 bits per heavy atom. The van der Waals surface area contributed by atoms with Gasteiger partial charge < -0.3 is 19.5 Å². The van der Waals surface area contributed by atoms with E-state index in [-0.39, 0.29) is 12.5 Å². The van der Waals surface area contributed by atoms with Crippen LogP contribution in [0.2, 0.25) is 5.02 Å². The SMILES string of the molecule is COc1cc(C=CC(=O)OCC(=O)Nc2ccc3c(c2)CCC3)cc(Cl)c1OC. The molecule has 0 fully saturated rings. The maximum Gasteiger partial charge on any atom is 0.331 e. The zero-order chi connectivity index (χ0) is 20.8. The van der Waals surface area contributed by atoms with Crippen molar-refractivity contribution in [1.29, 1.82) is 0 Å². The fourth-order valence-electron chi connectivity index (χ4n) is 3.23. The molecule has 6 nitrogen and oxygen atoms in total. The van der Waals surface area contributed by atoms with Gasteiger partial charge in [0.15, 0.2) is 18.1 Å². The molecular formula is C22H22ClNO5. The molecule has 0 bridgehead atoms. The molecule has 0 heterocycles. The topological polar surface area (TPSA) is 73.9 Å². The Morgan fingerprint density at radius 1 is 1.10 bits per heavy atom. The molecule has 1 amide bonds. The maximum absolute atomic E-state index is 12.0. The Balaban J connectivity index is 1.53. The first-order chi connectivity index (χ1) is 14.0. The monoisotopic (exact) mass is 415 g/mol. The van der Waals surface area contributed by atoms with Crippen LogP contribution in [0, 0.1) is 0 Å². The second kappa shape index (κ2) is 9.47. The van der Waals surface area contributed by atoms with E-state index in [1.807, 2.05) is 18.2 Å². The van der Waals surface area contributed by atoms with Crippen molar-refractivity contribution in [1.82, 2.24) is 0 Å². The smallest absolute Gasteiger partial charge is 0.331 e. The largest absolute Gasteiger partial charge is 0.493 e. The number of nitrogens with one attached hydrogen (secondary N) is 1. The van der Waals surface area contributed by atoms with Crippen molar-refractivity contribution < 1.29 is 23.8 Å². The molecule has 0 saturated carbocycles. The van der Waals surface area contributed by atoms with Crippen LogP contribution in [0.5, 0.6) is 11.5 Å². The van der Waals surface area contributed by atoms with E-state index in [4.69, 9.17) is 25.8 Å². The van der Waals surface area contributed by atoms with Crippen LogP contribution in [-0.4, -0.2) is 32.7 Å². The lowest BCUT2D eigenvalue weighted by Crippen LogP contribution is -2.20. The molecule has 0 unspecified atom stereocenters. The van der Waals surface area contributed by atoms with Crippen LogP contribution < -0.4 is 14.8 Å². The number of hydrogen-bond donors (Lipinski definition) is 1. The van der Waals surface area contributed by atoms with Gasteiger partial charge in [-0.25, -0.2) is 4.79 Å². The lowest BCUT2D eigenvalue weighted by molar-refractivity contribution is -0.142. The van der Waals surface area contributed by atoms with Crippen molar-refractivity contribution in [2.24, 2.45) is 0 Å². The third-order valence-corrected chi connectivity index (χ3v) is 4.88. The highest BCUT2D eigenvalue weighted by Crippen LogP contribution is 2.36. The summed E-state index contributed by atoms with van der Waals surface area (Å²) < 4.78 is 15.4. The van der Waals surface area contributed by atoms with Crippen molar-refractivity contribution >= 4 is 35.2 Å². The van der Waals surface area contributed by atoms with Crippen LogP contribution in [0.25, 0.3) is 6.08 Å². The summed E-state index contributed by atoms with van der Waals surface area (Å²) in [6.45, 7) is -0.368. The molecule has 0 spiro atoms. The van der Waals surface area contributed by atoms with Gasteiger partial charge in [0.1, 0.15) is 0 Å². The number of amides is 1. The number of esters is 1. The number of carbonyl (C=O) groups excluding carboxylic acids is 2. The fraction of sp³-hybridized carbons (Fsp3) is 0.273. The third-order valence-electron chi connectivity index (χ3n) is 4.60. The van der Waals surface area contributed by atoms with Gasteiger partial charge in [-0.15, -0.1) is 0 Å². The molecule has 0 aliphatic heterocycles. The number of anilines is 1. The van der Waals surface area contributed by atoms with E-state index in [1.54, 1.807) is 12.1 Å². The van der Waals surface area contributed by atoms with Gasteiger partial charge in [0, 0.05) is 11.8 Å². The number of halogens is 1. The van der Waals surface area contributed by atoms with Gasteiger partial charge in [-0.05, 0) is 66.3 Å². The molecule has 0 saturated heterocycles. The van der Waals surface area contributed by atoms with Crippen LogP contribution >= 0.6 is 11.6 Å². The Hall–Kier alpha value is -2.99. The summed E-state index contributed by atoms with van der Waals surface area (Å²) in [5, 5.41) is 3.10. The van der Waals surface area contributed by atoms with Crippen molar-refractivity contribution in [2.45, 2.75) is 19.3 Å². The zero-order valence-corrected chi connectivity index (χ0v) is 17.0. The van der Waals surface area contributed by atoms with Gasteiger partial charge in [-0.1, -0.05) is 17.7 Å². The minimum absolute atomic E-state index is 0.355. The summed E-state index contributed by atoms with van der Waals surface area (Å²) in [5.74, 6) is -0.169. The van der Waals surface area contributed by atoms with E-state index in [9.17, 15) is 9.59 Å². The molecule has 0 aromatic heterocycles. The summed E-state index contributed by atoms with van der Waals surface area (Å²) in [6, 6.07) is 9.18. The average Bonchev–Trinajstić information content (AvgIpc) is 3.18. The predicted octanol–water partition coefficient (Wildman–Crippen LogP) is 4.04. The fourth-order valence-corrected chi connectivity index (χ4v) is 3.53. The standard InChI is InChI=1S/C22H22ClNO5/c1-27-19-11-14(10-18(23)22(19)28-2)6-9-21(26)29-13-20(25)24-17-8-7-15-4-3-5-16(15)12-17/h6-12H,3-5,13H2,1-2H3,(H,24,25). The van der Waals surface area contributed by atoms with E-state index >= 15 is 0 Å². The quantitative estimate of drug-likeness (QED) is 0.545. The number of rotatable bonds is 7. The average molecular weight is 416 g/mol. The summed E-state index contributed by atoms with van der Waals surface area (Å²) in [6.07, 6.45) is 5.99. The normalized spacial score (nSPS) is 12.5. The molecule has 1 N–H and O–H groups in total. The van der Waals surface area contributed by atoms with Gasteiger partial charge in [0.05, 0.1) is 19.2 Å². The Labute approximate surface area is 174 Å². The molecule has 0 radical (unpaired) electrons. The minimum atomic E-state index is -0.639. The highest BCUT2D eigenvalue weighted by molar-refractivity contribution is 6.32. The Kier molecular flexibility index (Phi) is 6.77.